The zero-order valence-corrected chi connectivity index (χ0v) is 24.3. The van der Waals surface area contributed by atoms with Crippen LogP contribution >= 0.6 is 0 Å². The van der Waals surface area contributed by atoms with Crippen LogP contribution in [0.15, 0.2) is 71.9 Å². The van der Waals surface area contributed by atoms with Crippen LogP contribution in [0.25, 0.3) is 5.57 Å². The van der Waals surface area contributed by atoms with E-state index in [1.54, 1.807) is 30.3 Å². The Balaban J connectivity index is 0.000000256. The summed E-state index contributed by atoms with van der Waals surface area (Å²) >= 11 is 0. The number of allylic oxidation sites excluding steroid dienone is 3. The molecule has 1 aromatic carbocycles. The lowest BCUT2D eigenvalue weighted by molar-refractivity contribution is -0.141. The van der Waals surface area contributed by atoms with E-state index in [1.807, 2.05) is 0 Å². The summed E-state index contributed by atoms with van der Waals surface area (Å²) in [4.78, 5) is 21.7. The lowest BCUT2D eigenvalue weighted by Crippen LogP contribution is -2.46. The van der Waals surface area contributed by atoms with Crippen molar-refractivity contribution in [1.82, 2.24) is 20.2 Å². The number of fused-ring (bicyclic) bond motifs is 2. The quantitative estimate of drug-likeness (QED) is 0.361. The van der Waals surface area contributed by atoms with E-state index in [9.17, 15) is 39.6 Å². The molecule has 0 saturated carbocycles. The Labute approximate surface area is 253 Å². The van der Waals surface area contributed by atoms with Crippen LogP contribution in [-0.4, -0.2) is 41.1 Å². The smallest absolute Gasteiger partial charge is 0.329 e. The maximum Gasteiger partial charge on any atom is 0.417 e. The summed E-state index contributed by atoms with van der Waals surface area (Å²) < 4.78 is 116. The number of nitrogens with one attached hydrogen (secondary N) is 1. The number of alkyl halides is 7. The second kappa shape index (κ2) is 11.7. The van der Waals surface area contributed by atoms with E-state index in [2.05, 4.69) is 15.3 Å². The number of hydrogen-bond donors (Lipinski definition) is 1. The van der Waals surface area contributed by atoms with E-state index in [4.69, 9.17) is 0 Å². The number of benzene rings is 1. The first-order valence-corrected chi connectivity index (χ1v) is 15.3. The molecule has 0 saturated heterocycles. The second-order valence-electron chi connectivity index (χ2n) is 10.7. The van der Waals surface area contributed by atoms with Gasteiger partial charge in [0.25, 0.3) is 5.91 Å². The number of aromatic nitrogens is 2. The molecule has 238 valence electrons. The van der Waals surface area contributed by atoms with Gasteiger partial charge in [0.2, 0.25) is 5.67 Å². The fourth-order valence-electron chi connectivity index (χ4n) is 5.22. The topological polar surface area (TPSA) is 92.3 Å². The molecule has 0 spiro atoms. The Kier molecular flexibility index (Phi) is 8.38. The largest absolute Gasteiger partial charge is 0.417 e. The van der Waals surface area contributed by atoms with Crippen LogP contribution in [-0.2, 0) is 53.2 Å². The van der Waals surface area contributed by atoms with Gasteiger partial charge >= 0.3 is 12.4 Å². The Hall–Kier alpha value is -4.11. The molecule has 1 unspecified atom stereocenters. The van der Waals surface area contributed by atoms with Crippen molar-refractivity contribution < 1.29 is 43.9 Å². The highest BCUT2D eigenvalue weighted by molar-refractivity contribution is 7.94. The average Bonchev–Trinajstić information content (AvgIpc) is 3.62. The normalized spacial score (nSPS) is 19.6. The molecule has 45 heavy (non-hydrogen) atoms. The molecule has 3 aliphatic rings. The number of halogens is 7. The summed E-state index contributed by atoms with van der Waals surface area (Å²) in [6, 6.07) is 10.3. The first-order valence-electron chi connectivity index (χ1n) is 13.4. The third-order valence-corrected chi connectivity index (χ3v) is 8.78. The van der Waals surface area contributed by atoms with Gasteiger partial charge in [0, 0.05) is 55.2 Å². The van der Waals surface area contributed by atoms with Crippen LogP contribution < -0.4 is 5.32 Å². The highest BCUT2D eigenvalue weighted by atomic mass is 32.2. The molecule has 4 heterocycles. The fraction of sp³-hybridized carbons (Fsp3) is 0.300. The van der Waals surface area contributed by atoms with Crippen molar-refractivity contribution in [2.75, 3.05) is 6.26 Å². The maximum absolute atomic E-state index is 16.5. The Morgan fingerprint density at radius 2 is 1.47 bits per heavy atom. The second-order valence-corrected chi connectivity index (χ2v) is 12.8. The molecule has 1 N–H and O–H groups in total. The molecule has 2 aliphatic heterocycles. The molecular weight excluding hydrogens is 629 g/mol. The van der Waals surface area contributed by atoms with Gasteiger partial charge in [-0.15, -0.1) is 0 Å². The number of rotatable bonds is 3. The minimum atomic E-state index is -4.59. The monoisotopic (exact) mass is 654 g/mol. The van der Waals surface area contributed by atoms with Gasteiger partial charge in [-0.2, -0.15) is 26.3 Å². The molecule has 3 aromatic rings. The zero-order chi connectivity index (χ0) is 32.8. The van der Waals surface area contributed by atoms with Crippen molar-refractivity contribution in [2.45, 2.75) is 50.6 Å². The minimum Gasteiger partial charge on any atom is -0.329 e. The number of carbonyl (C=O) groups excluding carboxylic acids is 1. The summed E-state index contributed by atoms with van der Waals surface area (Å²) in [6.45, 7) is 0.619. The summed E-state index contributed by atoms with van der Waals surface area (Å²) in [5, 5.41) is 2.94. The third kappa shape index (κ3) is 6.78. The number of pyridine rings is 2. The molecule has 1 amide bonds. The van der Waals surface area contributed by atoms with Crippen molar-refractivity contribution in [2.24, 2.45) is 0 Å². The molecule has 7 nitrogen and oxygen atoms in total. The molecule has 0 bridgehead atoms. The van der Waals surface area contributed by atoms with E-state index in [-0.39, 0.29) is 34.8 Å². The van der Waals surface area contributed by atoms with Crippen molar-refractivity contribution in [3.63, 3.8) is 0 Å². The van der Waals surface area contributed by atoms with Gasteiger partial charge in [0.15, 0.2) is 9.84 Å². The van der Waals surface area contributed by atoms with Crippen LogP contribution in [0.4, 0.5) is 30.7 Å². The first kappa shape index (κ1) is 32.3. The van der Waals surface area contributed by atoms with Crippen molar-refractivity contribution in [3.05, 3.63) is 111 Å². The average molecular weight is 655 g/mol. The third-order valence-electron chi connectivity index (χ3n) is 7.55. The highest BCUT2D eigenvalue weighted by Gasteiger charge is 2.50. The van der Waals surface area contributed by atoms with Crippen LogP contribution in [0.1, 0.15) is 45.6 Å². The number of nitrogens with zero attached hydrogens (tertiary/aromatic N) is 3. The van der Waals surface area contributed by atoms with Crippen LogP contribution in [0.5, 0.6) is 0 Å². The van der Waals surface area contributed by atoms with Crippen LogP contribution in [0, 0.1) is 0 Å². The SMILES string of the molecule is CS(=O)(=O)C1=CC=C(c2ccccc2)C(F)(C(=O)N2Cc3cc(C(F)(F)F)cnc3C2)C1.FC(F)(F)c1cnc2c(c1)CNC2. The molecular formula is C30H25F7N4O3S. The summed E-state index contributed by atoms with van der Waals surface area (Å²) in [5.74, 6) is -1.02. The van der Waals surface area contributed by atoms with Crippen molar-refractivity contribution >= 4 is 21.3 Å². The van der Waals surface area contributed by atoms with Gasteiger partial charge in [-0.3, -0.25) is 14.8 Å². The minimum absolute atomic E-state index is 0.00426. The number of hydrogen-bond acceptors (Lipinski definition) is 6. The molecule has 1 atom stereocenters. The Bertz CT molecular complexity index is 1810. The van der Waals surface area contributed by atoms with Gasteiger partial charge in [0.05, 0.1) is 29.1 Å². The number of amides is 1. The zero-order valence-electron chi connectivity index (χ0n) is 23.5. The van der Waals surface area contributed by atoms with E-state index in [0.29, 0.717) is 36.1 Å². The van der Waals surface area contributed by atoms with Gasteiger partial charge in [-0.1, -0.05) is 36.4 Å². The van der Waals surface area contributed by atoms with E-state index in [1.165, 1.54) is 12.2 Å². The fourth-order valence-corrected chi connectivity index (χ4v) is 6.00. The van der Waals surface area contributed by atoms with Gasteiger partial charge < -0.3 is 10.2 Å². The van der Waals surface area contributed by atoms with E-state index >= 15 is 4.39 Å². The van der Waals surface area contributed by atoms with Crippen LogP contribution in [0.3, 0.4) is 0 Å². The predicted molar refractivity (Wildman–Crippen MR) is 149 cm³/mol. The standard InChI is InChI=1S/C22H18F4N2O3S.C8H7F3N2/c1-32(30,31)17-7-8-18(14-5-3-2-4-6-14)21(23,10-17)20(29)28-12-15-9-16(22(24,25)26)11-27-19(15)13-28;9-8(10,11)6-1-5-2-12-4-7(5)13-3-6/h2-9,11H,10,12-13H2,1H3;1,3,12H,2,4H2. The number of sulfone groups is 1. The Morgan fingerprint density at radius 1 is 0.867 bits per heavy atom. The maximum atomic E-state index is 16.5. The lowest BCUT2D eigenvalue weighted by Gasteiger charge is -2.33. The van der Waals surface area contributed by atoms with Gasteiger partial charge in [0.1, 0.15) is 0 Å². The summed E-state index contributed by atoms with van der Waals surface area (Å²) in [6.07, 6.45) is -4.54. The van der Waals surface area contributed by atoms with E-state index < -0.39 is 51.3 Å². The van der Waals surface area contributed by atoms with Crippen molar-refractivity contribution in [1.29, 1.82) is 0 Å². The Morgan fingerprint density at radius 3 is 2.07 bits per heavy atom. The van der Waals surface area contributed by atoms with Crippen molar-refractivity contribution in [3.8, 4) is 0 Å². The molecule has 0 fully saturated rings. The molecule has 1 aliphatic carbocycles. The molecule has 6 rings (SSSR count). The van der Waals surface area contributed by atoms with Gasteiger partial charge in [-0.25, -0.2) is 12.8 Å². The molecule has 2 aromatic heterocycles. The van der Waals surface area contributed by atoms with E-state index in [0.717, 1.165) is 29.5 Å². The first-order chi connectivity index (χ1) is 21.0. The predicted octanol–water partition coefficient (Wildman–Crippen LogP) is 5.77. The van der Waals surface area contributed by atoms with Crippen LogP contribution in [0.2, 0.25) is 0 Å². The summed E-state index contributed by atoms with van der Waals surface area (Å²) in [7, 11) is -3.77. The summed E-state index contributed by atoms with van der Waals surface area (Å²) in [5.41, 5.74) is -2.14. The molecule has 0 radical (unpaired) electrons. The molecule has 15 heteroatoms. The van der Waals surface area contributed by atoms with Gasteiger partial charge in [-0.05, 0) is 34.9 Å². The highest BCUT2D eigenvalue weighted by Crippen LogP contribution is 2.43. The lowest BCUT2D eigenvalue weighted by atomic mass is 9.82. The number of carbonyl (C=O) groups is 1.